The van der Waals surface area contributed by atoms with Crippen molar-refractivity contribution >= 4 is 0 Å². The van der Waals surface area contributed by atoms with Gasteiger partial charge in [0.25, 0.3) is 0 Å². The first-order chi connectivity index (χ1) is 8.31. The first-order valence-electron chi connectivity index (χ1n) is 6.42. The van der Waals surface area contributed by atoms with Gasteiger partial charge in [-0.2, -0.15) is 0 Å². The van der Waals surface area contributed by atoms with Crippen LogP contribution in [0.2, 0.25) is 0 Å². The van der Waals surface area contributed by atoms with Crippen molar-refractivity contribution in [2.75, 3.05) is 20.2 Å². The fraction of sp³-hybridized carbons (Fsp3) is 0.571. The van der Waals surface area contributed by atoms with Gasteiger partial charge in [-0.1, -0.05) is 18.2 Å². The Morgan fingerprint density at radius 2 is 2.24 bits per heavy atom. The molecule has 2 rings (SSSR count). The molecule has 94 valence electrons. The maximum absolute atomic E-state index is 5.83. The molecule has 0 aromatic heterocycles. The minimum Gasteiger partial charge on any atom is -0.493 e. The van der Waals surface area contributed by atoms with Gasteiger partial charge in [-0.15, -0.1) is 0 Å². The fourth-order valence-corrected chi connectivity index (χ4v) is 2.46. The van der Waals surface area contributed by atoms with Crippen molar-refractivity contribution in [1.82, 2.24) is 4.90 Å². The lowest BCUT2D eigenvalue weighted by molar-refractivity contribution is 0.232. The third-order valence-electron chi connectivity index (χ3n) is 3.57. The molecule has 1 fully saturated rings. The summed E-state index contributed by atoms with van der Waals surface area (Å²) in [5, 5.41) is 0. The Morgan fingerprint density at radius 1 is 1.41 bits per heavy atom. The number of para-hydroxylation sites is 1. The molecular weight excluding hydrogens is 212 g/mol. The van der Waals surface area contributed by atoms with Crippen molar-refractivity contribution in [3.05, 3.63) is 29.8 Å². The molecule has 0 spiro atoms. The summed E-state index contributed by atoms with van der Waals surface area (Å²) < 4.78 is 5.83. The van der Waals surface area contributed by atoms with Crippen molar-refractivity contribution in [3.8, 4) is 5.75 Å². The van der Waals surface area contributed by atoms with Crippen LogP contribution in [-0.4, -0.2) is 31.1 Å². The van der Waals surface area contributed by atoms with Crippen molar-refractivity contribution < 1.29 is 4.74 Å². The van der Waals surface area contributed by atoms with Gasteiger partial charge in [0.15, 0.2) is 0 Å². The molecule has 1 aromatic carbocycles. The number of benzene rings is 1. The molecule has 1 saturated heterocycles. The van der Waals surface area contributed by atoms with Gasteiger partial charge in [-0.3, -0.25) is 0 Å². The average molecular weight is 234 g/mol. The average Bonchev–Trinajstić information content (AvgIpc) is 2.76. The van der Waals surface area contributed by atoms with Crippen LogP contribution in [0.5, 0.6) is 5.75 Å². The van der Waals surface area contributed by atoms with Gasteiger partial charge in [0.2, 0.25) is 0 Å². The second-order valence-corrected chi connectivity index (χ2v) is 4.73. The summed E-state index contributed by atoms with van der Waals surface area (Å²) >= 11 is 0. The molecule has 3 heteroatoms. The minimum absolute atomic E-state index is 0.541. The lowest BCUT2D eigenvalue weighted by Crippen LogP contribution is -2.26. The van der Waals surface area contributed by atoms with Crippen molar-refractivity contribution in [2.24, 2.45) is 5.73 Å². The van der Waals surface area contributed by atoms with Crippen LogP contribution in [0.1, 0.15) is 24.8 Å². The maximum Gasteiger partial charge on any atom is 0.123 e. The number of nitrogens with two attached hydrogens (primary N) is 1. The molecule has 0 amide bonds. The molecule has 1 aliphatic heterocycles. The molecule has 0 bridgehead atoms. The van der Waals surface area contributed by atoms with Crippen LogP contribution in [-0.2, 0) is 6.54 Å². The van der Waals surface area contributed by atoms with E-state index < -0.39 is 0 Å². The number of nitrogens with zero attached hydrogens (tertiary/aromatic N) is 1. The second kappa shape index (κ2) is 6.03. The van der Waals surface area contributed by atoms with E-state index in [4.69, 9.17) is 10.5 Å². The Morgan fingerprint density at radius 3 is 2.94 bits per heavy atom. The van der Waals surface area contributed by atoms with Crippen LogP contribution in [0.3, 0.4) is 0 Å². The van der Waals surface area contributed by atoms with E-state index in [1.54, 1.807) is 0 Å². The predicted molar refractivity (Wildman–Crippen MR) is 70.1 cm³/mol. The Balaban J connectivity index is 1.81. The number of ether oxygens (including phenoxy) is 1. The van der Waals surface area contributed by atoms with Crippen molar-refractivity contribution in [2.45, 2.75) is 31.8 Å². The summed E-state index contributed by atoms with van der Waals surface area (Å²) in [6, 6.07) is 8.72. The Bertz CT molecular complexity index is 354. The molecule has 1 atom stereocenters. The third kappa shape index (κ3) is 3.20. The molecule has 3 nitrogen and oxygen atoms in total. The zero-order valence-electron chi connectivity index (χ0n) is 10.6. The molecular formula is C14H22N2O. The van der Waals surface area contributed by atoms with Crippen LogP contribution in [0.15, 0.2) is 24.3 Å². The summed E-state index contributed by atoms with van der Waals surface area (Å²) in [7, 11) is 2.20. The summed E-state index contributed by atoms with van der Waals surface area (Å²) in [6.45, 7) is 2.55. The Hall–Kier alpha value is -1.06. The van der Waals surface area contributed by atoms with Gasteiger partial charge in [-0.25, -0.2) is 0 Å². The molecule has 0 radical (unpaired) electrons. The molecule has 0 saturated carbocycles. The van der Waals surface area contributed by atoms with Gasteiger partial charge in [-0.05, 0) is 38.9 Å². The molecule has 2 N–H and O–H groups in total. The molecule has 1 aromatic rings. The van der Waals surface area contributed by atoms with Crippen molar-refractivity contribution in [1.29, 1.82) is 0 Å². The van der Waals surface area contributed by atoms with E-state index in [-0.39, 0.29) is 0 Å². The third-order valence-corrected chi connectivity index (χ3v) is 3.57. The standard InChI is InChI=1S/C14H22N2O/c1-16-9-4-6-13(16)8-10-17-14-7-3-2-5-12(14)11-15/h2-3,5,7,13H,4,6,8-11,15H2,1H3. The number of hydrogen-bond acceptors (Lipinski definition) is 3. The quantitative estimate of drug-likeness (QED) is 0.847. The van der Waals surface area contributed by atoms with Gasteiger partial charge < -0.3 is 15.4 Å². The predicted octanol–water partition coefficient (Wildman–Crippen LogP) is 2.01. The fourth-order valence-electron chi connectivity index (χ4n) is 2.46. The minimum atomic E-state index is 0.541. The second-order valence-electron chi connectivity index (χ2n) is 4.73. The van der Waals surface area contributed by atoms with E-state index in [1.807, 2.05) is 24.3 Å². The van der Waals surface area contributed by atoms with Gasteiger partial charge in [0, 0.05) is 18.2 Å². The lowest BCUT2D eigenvalue weighted by atomic mass is 10.1. The SMILES string of the molecule is CN1CCCC1CCOc1ccccc1CN. The number of likely N-dealkylation sites (tertiary alicyclic amines) is 1. The highest BCUT2D eigenvalue weighted by Gasteiger charge is 2.20. The van der Waals surface area contributed by atoms with Crippen LogP contribution < -0.4 is 10.5 Å². The number of rotatable bonds is 5. The van der Waals surface area contributed by atoms with E-state index in [2.05, 4.69) is 11.9 Å². The molecule has 1 heterocycles. The highest BCUT2D eigenvalue weighted by molar-refractivity contribution is 5.32. The summed E-state index contributed by atoms with van der Waals surface area (Å²) in [4.78, 5) is 2.43. The van der Waals surface area contributed by atoms with Gasteiger partial charge in [0.1, 0.15) is 5.75 Å². The number of hydrogen-bond donors (Lipinski definition) is 1. The van der Waals surface area contributed by atoms with E-state index in [1.165, 1.54) is 19.4 Å². The first-order valence-corrected chi connectivity index (χ1v) is 6.42. The van der Waals surface area contributed by atoms with Crippen LogP contribution in [0.25, 0.3) is 0 Å². The summed E-state index contributed by atoms with van der Waals surface area (Å²) in [6.07, 6.45) is 3.73. The summed E-state index contributed by atoms with van der Waals surface area (Å²) in [5.74, 6) is 0.940. The zero-order chi connectivity index (χ0) is 12.1. The van der Waals surface area contributed by atoms with Crippen LogP contribution in [0, 0.1) is 0 Å². The van der Waals surface area contributed by atoms with E-state index in [9.17, 15) is 0 Å². The monoisotopic (exact) mass is 234 g/mol. The van der Waals surface area contributed by atoms with Gasteiger partial charge >= 0.3 is 0 Å². The lowest BCUT2D eigenvalue weighted by Gasteiger charge is -2.19. The highest BCUT2D eigenvalue weighted by atomic mass is 16.5. The molecule has 1 aliphatic rings. The zero-order valence-corrected chi connectivity index (χ0v) is 10.6. The Labute approximate surface area is 104 Å². The van der Waals surface area contributed by atoms with E-state index in [0.717, 1.165) is 24.3 Å². The van der Waals surface area contributed by atoms with Gasteiger partial charge in [0.05, 0.1) is 6.61 Å². The van der Waals surface area contributed by atoms with Crippen LogP contribution >= 0.6 is 0 Å². The van der Waals surface area contributed by atoms with Crippen LogP contribution in [0.4, 0.5) is 0 Å². The molecule has 1 unspecified atom stereocenters. The Kier molecular flexibility index (Phi) is 4.40. The largest absolute Gasteiger partial charge is 0.493 e. The molecule has 0 aliphatic carbocycles. The molecule has 17 heavy (non-hydrogen) atoms. The normalized spacial score (nSPS) is 20.7. The highest BCUT2D eigenvalue weighted by Crippen LogP contribution is 2.20. The maximum atomic E-state index is 5.83. The van der Waals surface area contributed by atoms with E-state index >= 15 is 0 Å². The van der Waals surface area contributed by atoms with E-state index in [0.29, 0.717) is 12.6 Å². The smallest absolute Gasteiger partial charge is 0.123 e. The first kappa shape index (κ1) is 12.4. The topological polar surface area (TPSA) is 38.5 Å². The summed E-state index contributed by atoms with van der Waals surface area (Å²) in [5.41, 5.74) is 6.77. The van der Waals surface area contributed by atoms with Crippen molar-refractivity contribution in [3.63, 3.8) is 0 Å².